The molecule has 0 saturated heterocycles. The first-order valence-corrected chi connectivity index (χ1v) is 7.47. The minimum atomic E-state index is 0.327. The monoisotopic (exact) mass is 329 g/mol. The average molecular weight is 329 g/mol. The van der Waals surface area contributed by atoms with Crippen molar-refractivity contribution in [1.82, 2.24) is 10.2 Å². The van der Waals surface area contributed by atoms with Crippen molar-refractivity contribution in [3.63, 3.8) is 0 Å². The zero-order valence-corrected chi connectivity index (χ0v) is 14.0. The van der Waals surface area contributed by atoms with E-state index >= 15 is 0 Å². The Bertz CT molecular complexity index is 838. The van der Waals surface area contributed by atoms with Crippen molar-refractivity contribution in [2.45, 2.75) is 20.4 Å². The Morgan fingerprint density at radius 3 is 2.58 bits per heavy atom. The maximum Gasteiger partial charge on any atom is 0.316 e. The number of para-hydroxylation sites is 1. The predicted molar refractivity (Wildman–Crippen MR) is 88.3 cm³/mol. The second-order valence-corrected chi connectivity index (χ2v) is 5.25. The normalized spacial score (nSPS) is 10.7. The summed E-state index contributed by atoms with van der Waals surface area (Å²) in [4.78, 5) is 0. The minimum absolute atomic E-state index is 0.327. The lowest BCUT2D eigenvalue weighted by Crippen LogP contribution is -1.99. The van der Waals surface area contributed by atoms with E-state index in [1.165, 1.54) is 0 Å². The van der Waals surface area contributed by atoms with Crippen LogP contribution in [0.25, 0.3) is 11.5 Å². The molecule has 0 bridgehead atoms. The van der Waals surface area contributed by atoms with Gasteiger partial charge in [0.1, 0.15) is 11.5 Å². The lowest BCUT2D eigenvalue weighted by atomic mass is 10.2. The van der Waals surface area contributed by atoms with E-state index < -0.39 is 0 Å². The molecule has 0 amide bonds. The zero-order chi connectivity index (χ0) is 17.1. The fraction of sp³-hybridized carbons (Fsp3) is 0.294. The van der Waals surface area contributed by atoms with E-state index in [0.29, 0.717) is 35.5 Å². The molecule has 0 saturated carbocycles. The van der Waals surface area contributed by atoms with Gasteiger partial charge < -0.3 is 23.6 Å². The van der Waals surface area contributed by atoms with Crippen LogP contribution in [0.5, 0.6) is 11.5 Å². The van der Waals surface area contributed by atoms with Crippen molar-refractivity contribution in [2.24, 2.45) is 0 Å². The summed E-state index contributed by atoms with van der Waals surface area (Å²) in [6.07, 6.45) is 0. The first-order chi connectivity index (χ1) is 11.6. The lowest BCUT2D eigenvalue weighted by molar-refractivity contribution is 0.355. The molecule has 1 N–H and O–H groups in total. The van der Waals surface area contributed by atoms with E-state index in [-0.39, 0.29) is 0 Å². The zero-order valence-electron chi connectivity index (χ0n) is 14.0. The van der Waals surface area contributed by atoms with Crippen LogP contribution in [-0.4, -0.2) is 24.4 Å². The summed E-state index contributed by atoms with van der Waals surface area (Å²) in [7, 11) is 3.15. The summed E-state index contributed by atoms with van der Waals surface area (Å²) in [5.74, 6) is 3.25. The number of hydrogen-bond donors (Lipinski definition) is 1. The van der Waals surface area contributed by atoms with E-state index in [0.717, 1.165) is 17.1 Å². The van der Waals surface area contributed by atoms with Gasteiger partial charge in [-0.15, -0.1) is 5.10 Å². The predicted octanol–water partition coefficient (Wildman–Crippen LogP) is 3.58. The standard InChI is InChI=1S/C17H19N3O4/c1-10-8-12(11(2)23-10)9-18-17-20-19-16(24-17)13-6-5-7-14(21-3)15(13)22-4/h5-8H,9H2,1-4H3,(H,18,20). The van der Waals surface area contributed by atoms with Gasteiger partial charge in [0.15, 0.2) is 11.5 Å². The van der Waals surface area contributed by atoms with Crippen LogP contribution in [0.2, 0.25) is 0 Å². The second kappa shape index (κ2) is 6.66. The molecule has 2 aromatic heterocycles. The van der Waals surface area contributed by atoms with Gasteiger partial charge in [-0.2, -0.15) is 0 Å². The summed E-state index contributed by atoms with van der Waals surface area (Å²) in [6, 6.07) is 7.79. The molecule has 0 fully saturated rings. The van der Waals surface area contributed by atoms with Gasteiger partial charge >= 0.3 is 6.01 Å². The highest BCUT2D eigenvalue weighted by Gasteiger charge is 2.17. The highest BCUT2D eigenvalue weighted by atomic mass is 16.5. The number of furan rings is 1. The molecule has 126 valence electrons. The largest absolute Gasteiger partial charge is 0.493 e. The fourth-order valence-electron chi connectivity index (χ4n) is 2.49. The van der Waals surface area contributed by atoms with Crippen LogP contribution in [0.1, 0.15) is 17.1 Å². The van der Waals surface area contributed by atoms with Crippen LogP contribution >= 0.6 is 0 Å². The molecule has 24 heavy (non-hydrogen) atoms. The van der Waals surface area contributed by atoms with Gasteiger partial charge in [0.2, 0.25) is 0 Å². The van der Waals surface area contributed by atoms with Crippen molar-refractivity contribution in [2.75, 3.05) is 19.5 Å². The molecule has 3 rings (SSSR count). The number of rotatable bonds is 6. The SMILES string of the molecule is COc1cccc(-c2nnc(NCc3cc(C)oc3C)o2)c1OC. The summed E-state index contributed by atoms with van der Waals surface area (Å²) in [5.41, 5.74) is 1.72. The van der Waals surface area contributed by atoms with Crippen molar-refractivity contribution < 1.29 is 18.3 Å². The Kier molecular flexibility index (Phi) is 4.41. The summed E-state index contributed by atoms with van der Waals surface area (Å²) in [5, 5.41) is 11.2. The number of aromatic nitrogens is 2. The quantitative estimate of drug-likeness (QED) is 0.740. The molecule has 2 heterocycles. The highest BCUT2D eigenvalue weighted by molar-refractivity contribution is 5.67. The smallest absolute Gasteiger partial charge is 0.316 e. The summed E-state index contributed by atoms with van der Waals surface area (Å²) < 4.78 is 21.9. The number of methoxy groups -OCH3 is 2. The third kappa shape index (κ3) is 3.05. The molecule has 1 aromatic carbocycles. The van der Waals surface area contributed by atoms with Gasteiger partial charge in [0, 0.05) is 12.1 Å². The van der Waals surface area contributed by atoms with E-state index in [2.05, 4.69) is 15.5 Å². The van der Waals surface area contributed by atoms with Gasteiger partial charge in [0.25, 0.3) is 5.89 Å². The number of benzene rings is 1. The third-order valence-corrected chi connectivity index (χ3v) is 3.63. The van der Waals surface area contributed by atoms with Gasteiger partial charge in [-0.1, -0.05) is 11.2 Å². The molecular formula is C17H19N3O4. The van der Waals surface area contributed by atoms with Crippen molar-refractivity contribution in [3.8, 4) is 23.0 Å². The average Bonchev–Trinajstić information content (AvgIpc) is 3.18. The van der Waals surface area contributed by atoms with E-state index in [4.69, 9.17) is 18.3 Å². The van der Waals surface area contributed by atoms with Crippen LogP contribution in [0.4, 0.5) is 6.01 Å². The Balaban J connectivity index is 1.80. The van der Waals surface area contributed by atoms with Crippen LogP contribution in [0.15, 0.2) is 33.1 Å². The van der Waals surface area contributed by atoms with Crippen molar-refractivity contribution in [1.29, 1.82) is 0 Å². The molecular weight excluding hydrogens is 310 g/mol. The van der Waals surface area contributed by atoms with Crippen LogP contribution < -0.4 is 14.8 Å². The molecule has 7 nitrogen and oxygen atoms in total. The molecule has 7 heteroatoms. The van der Waals surface area contributed by atoms with E-state index in [1.807, 2.05) is 38.1 Å². The van der Waals surface area contributed by atoms with E-state index in [9.17, 15) is 0 Å². The van der Waals surface area contributed by atoms with Gasteiger partial charge in [0.05, 0.1) is 19.8 Å². The van der Waals surface area contributed by atoms with Gasteiger partial charge in [-0.3, -0.25) is 0 Å². The Labute approximate surface area is 139 Å². The number of anilines is 1. The molecule has 0 aliphatic rings. The van der Waals surface area contributed by atoms with Crippen molar-refractivity contribution >= 4 is 6.01 Å². The van der Waals surface area contributed by atoms with Crippen LogP contribution in [-0.2, 0) is 6.54 Å². The summed E-state index contributed by atoms with van der Waals surface area (Å²) in [6.45, 7) is 4.38. The number of nitrogens with zero attached hydrogens (tertiary/aromatic N) is 2. The molecule has 0 atom stereocenters. The lowest BCUT2D eigenvalue weighted by Gasteiger charge is -2.09. The maximum absolute atomic E-state index is 5.68. The molecule has 0 unspecified atom stereocenters. The maximum atomic E-state index is 5.68. The topological polar surface area (TPSA) is 82.6 Å². The number of ether oxygens (including phenoxy) is 2. The first-order valence-electron chi connectivity index (χ1n) is 7.47. The van der Waals surface area contributed by atoms with Crippen molar-refractivity contribution in [3.05, 3.63) is 41.3 Å². The Hall–Kier alpha value is -2.96. The number of hydrogen-bond acceptors (Lipinski definition) is 7. The number of aryl methyl sites for hydroxylation is 2. The number of nitrogens with one attached hydrogen (secondary N) is 1. The molecule has 0 aliphatic carbocycles. The van der Waals surface area contributed by atoms with Gasteiger partial charge in [-0.25, -0.2) is 0 Å². The molecule has 3 aromatic rings. The Morgan fingerprint density at radius 1 is 1.08 bits per heavy atom. The van der Waals surface area contributed by atoms with Gasteiger partial charge in [-0.05, 0) is 32.0 Å². The highest BCUT2D eigenvalue weighted by Crippen LogP contribution is 2.37. The molecule has 0 aliphatic heterocycles. The Morgan fingerprint density at radius 2 is 1.92 bits per heavy atom. The van der Waals surface area contributed by atoms with Crippen LogP contribution in [0, 0.1) is 13.8 Å². The fourth-order valence-corrected chi connectivity index (χ4v) is 2.49. The first kappa shape index (κ1) is 15.9. The van der Waals surface area contributed by atoms with E-state index in [1.54, 1.807) is 14.2 Å². The second-order valence-electron chi connectivity index (χ2n) is 5.25. The molecule has 0 radical (unpaired) electrons. The third-order valence-electron chi connectivity index (χ3n) is 3.63. The van der Waals surface area contributed by atoms with Crippen LogP contribution in [0.3, 0.4) is 0 Å². The molecule has 0 spiro atoms. The minimum Gasteiger partial charge on any atom is -0.493 e. The summed E-state index contributed by atoms with van der Waals surface area (Å²) >= 11 is 0.